The summed E-state index contributed by atoms with van der Waals surface area (Å²) < 4.78 is 40.9. The molecule has 1 aliphatic carbocycles. The molecule has 3 rings (SSSR count). The highest BCUT2D eigenvalue weighted by atomic mass is 19.4. The van der Waals surface area contributed by atoms with Gasteiger partial charge in [-0.15, -0.1) is 0 Å². The fourth-order valence-electron chi connectivity index (χ4n) is 2.72. The summed E-state index contributed by atoms with van der Waals surface area (Å²) in [5, 5.41) is 3.43. The summed E-state index contributed by atoms with van der Waals surface area (Å²) in [4.78, 5) is 2.51. The minimum Gasteiger partial charge on any atom is -0.484 e. The van der Waals surface area contributed by atoms with Crippen molar-refractivity contribution in [2.45, 2.75) is 37.5 Å². The highest BCUT2D eigenvalue weighted by molar-refractivity contribution is 5.47. The third-order valence-corrected chi connectivity index (χ3v) is 3.91. The summed E-state index contributed by atoms with van der Waals surface area (Å²) >= 11 is 0. The van der Waals surface area contributed by atoms with Crippen molar-refractivity contribution in [1.29, 1.82) is 0 Å². The molecular weight excluding hydrogens is 281 g/mol. The first-order valence-electron chi connectivity index (χ1n) is 7.30. The maximum absolute atomic E-state index is 12.1. The molecule has 1 aromatic carbocycles. The second kappa shape index (κ2) is 5.75. The fourth-order valence-corrected chi connectivity index (χ4v) is 2.72. The topological polar surface area (TPSA) is 24.5 Å². The van der Waals surface area contributed by atoms with Crippen molar-refractivity contribution in [3.05, 3.63) is 24.3 Å². The van der Waals surface area contributed by atoms with Gasteiger partial charge in [0, 0.05) is 30.9 Å². The molecule has 0 radical (unpaired) electrons. The lowest BCUT2D eigenvalue weighted by atomic mass is 10.2. The van der Waals surface area contributed by atoms with Gasteiger partial charge in [0.2, 0.25) is 0 Å². The minimum absolute atomic E-state index is 0.240. The third-order valence-electron chi connectivity index (χ3n) is 3.91. The largest absolute Gasteiger partial charge is 0.484 e. The molecule has 1 aromatic rings. The summed E-state index contributed by atoms with van der Waals surface area (Å²) in [5.74, 6) is 0.240. The summed E-state index contributed by atoms with van der Waals surface area (Å²) in [6.45, 7) is 0.935. The van der Waals surface area contributed by atoms with Crippen molar-refractivity contribution in [1.82, 2.24) is 4.90 Å². The van der Waals surface area contributed by atoms with E-state index in [0.717, 1.165) is 31.2 Å². The Kier molecular flexibility index (Phi) is 3.97. The van der Waals surface area contributed by atoms with Crippen molar-refractivity contribution in [2.24, 2.45) is 0 Å². The lowest BCUT2D eigenvalue weighted by Crippen LogP contribution is -2.27. The van der Waals surface area contributed by atoms with E-state index >= 15 is 0 Å². The molecule has 1 unspecified atom stereocenters. The lowest BCUT2D eigenvalue weighted by molar-refractivity contribution is -0.153. The predicted molar refractivity (Wildman–Crippen MR) is 74.6 cm³/mol. The van der Waals surface area contributed by atoms with Crippen LogP contribution in [0.4, 0.5) is 18.9 Å². The van der Waals surface area contributed by atoms with Gasteiger partial charge in [-0.3, -0.25) is 4.90 Å². The van der Waals surface area contributed by atoms with Gasteiger partial charge in [-0.25, -0.2) is 0 Å². The number of halogens is 3. The van der Waals surface area contributed by atoms with Gasteiger partial charge in [-0.1, -0.05) is 0 Å². The van der Waals surface area contributed by atoms with E-state index in [1.807, 2.05) is 0 Å². The van der Waals surface area contributed by atoms with Crippen LogP contribution in [0, 0.1) is 0 Å². The molecule has 1 heterocycles. The van der Waals surface area contributed by atoms with Crippen LogP contribution in [-0.2, 0) is 0 Å². The van der Waals surface area contributed by atoms with Crippen molar-refractivity contribution >= 4 is 5.69 Å². The van der Waals surface area contributed by atoms with Crippen LogP contribution in [0.15, 0.2) is 24.3 Å². The molecule has 21 heavy (non-hydrogen) atoms. The summed E-state index contributed by atoms with van der Waals surface area (Å²) in [6, 6.07) is 7.89. The van der Waals surface area contributed by atoms with E-state index < -0.39 is 12.8 Å². The van der Waals surface area contributed by atoms with Crippen LogP contribution >= 0.6 is 0 Å². The zero-order valence-electron chi connectivity index (χ0n) is 11.7. The Morgan fingerprint density at radius 3 is 2.48 bits per heavy atom. The molecule has 6 heteroatoms. The number of alkyl halides is 3. The van der Waals surface area contributed by atoms with Gasteiger partial charge in [-0.05, 0) is 43.5 Å². The van der Waals surface area contributed by atoms with E-state index in [-0.39, 0.29) is 5.75 Å². The maximum Gasteiger partial charge on any atom is 0.422 e. The molecule has 1 saturated heterocycles. The number of hydrogen-bond acceptors (Lipinski definition) is 3. The van der Waals surface area contributed by atoms with Crippen molar-refractivity contribution in [3.8, 4) is 5.75 Å². The van der Waals surface area contributed by atoms with Crippen LogP contribution in [0.5, 0.6) is 5.75 Å². The second-order valence-electron chi connectivity index (χ2n) is 5.78. The van der Waals surface area contributed by atoms with Crippen LogP contribution in [-0.4, -0.2) is 42.9 Å². The van der Waals surface area contributed by atoms with E-state index in [2.05, 4.69) is 10.2 Å². The molecule has 1 N–H and O–H groups in total. The van der Waals surface area contributed by atoms with E-state index in [1.54, 1.807) is 24.3 Å². The first kappa shape index (κ1) is 14.5. The number of nitrogens with zero attached hydrogens (tertiary/aromatic N) is 1. The smallest absolute Gasteiger partial charge is 0.422 e. The van der Waals surface area contributed by atoms with Gasteiger partial charge < -0.3 is 10.1 Å². The van der Waals surface area contributed by atoms with E-state index in [9.17, 15) is 13.2 Å². The molecule has 1 atom stereocenters. The normalized spacial score (nSPS) is 23.3. The Hall–Kier alpha value is -1.43. The summed E-state index contributed by atoms with van der Waals surface area (Å²) in [6.07, 6.45) is -0.550. The number of hydrogen-bond donors (Lipinski definition) is 1. The SMILES string of the molecule is FC(F)(F)COc1ccc(NC2CCN(C3CC3)C2)cc1. The average Bonchev–Trinajstić information content (AvgIpc) is 3.18. The number of benzene rings is 1. The number of rotatable bonds is 5. The van der Waals surface area contributed by atoms with E-state index in [1.165, 1.54) is 12.8 Å². The Morgan fingerprint density at radius 2 is 1.86 bits per heavy atom. The van der Waals surface area contributed by atoms with Crippen LogP contribution in [0.1, 0.15) is 19.3 Å². The van der Waals surface area contributed by atoms with E-state index in [0.29, 0.717) is 6.04 Å². The van der Waals surface area contributed by atoms with Crippen LogP contribution in [0.2, 0.25) is 0 Å². The number of nitrogens with one attached hydrogen (secondary N) is 1. The zero-order valence-corrected chi connectivity index (χ0v) is 11.7. The first-order valence-corrected chi connectivity index (χ1v) is 7.30. The second-order valence-corrected chi connectivity index (χ2v) is 5.78. The lowest BCUT2D eigenvalue weighted by Gasteiger charge is -2.17. The Labute approximate surface area is 122 Å². The Balaban J connectivity index is 1.48. The number of anilines is 1. The van der Waals surface area contributed by atoms with E-state index in [4.69, 9.17) is 4.74 Å². The fraction of sp³-hybridized carbons (Fsp3) is 0.600. The molecule has 116 valence electrons. The molecular formula is C15H19F3N2O. The standard InChI is InChI=1S/C15H19F3N2O/c16-15(17,18)10-21-14-5-1-11(2-6-14)19-12-7-8-20(9-12)13-3-4-13/h1-2,5-6,12-13,19H,3-4,7-10H2. The van der Waals surface area contributed by atoms with Crippen LogP contribution in [0.25, 0.3) is 0 Å². The third kappa shape index (κ3) is 4.27. The first-order chi connectivity index (χ1) is 9.99. The number of likely N-dealkylation sites (tertiary alicyclic amines) is 1. The van der Waals surface area contributed by atoms with Gasteiger partial charge in [0.05, 0.1) is 0 Å². The highest BCUT2D eigenvalue weighted by Crippen LogP contribution is 2.30. The highest BCUT2D eigenvalue weighted by Gasteiger charge is 2.34. The van der Waals surface area contributed by atoms with Crippen molar-refractivity contribution in [2.75, 3.05) is 25.0 Å². The van der Waals surface area contributed by atoms with Crippen LogP contribution < -0.4 is 10.1 Å². The zero-order chi connectivity index (χ0) is 14.9. The van der Waals surface area contributed by atoms with Gasteiger partial charge in [0.25, 0.3) is 0 Å². The quantitative estimate of drug-likeness (QED) is 0.903. The monoisotopic (exact) mass is 300 g/mol. The molecule has 3 nitrogen and oxygen atoms in total. The molecule has 0 aromatic heterocycles. The Bertz CT molecular complexity index is 471. The molecule has 0 spiro atoms. The molecule has 2 aliphatic rings. The van der Waals surface area contributed by atoms with Gasteiger partial charge in [0.15, 0.2) is 6.61 Å². The van der Waals surface area contributed by atoms with Gasteiger partial charge >= 0.3 is 6.18 Å². The number of ether oxygens (including phenoxy) is 1. The van der Waals surface area contributed by atoms with Crippen molar-refractivity contribution < 1.29 is 17.9 Å². The van der Waals surface area contributed by atoms with Crippen LogP contribution in [0.3, 0.4) is 0 Å². The summed E-state index contributed by atoms with van der Waals surface area (Å²) in [7, 11) is 0. The molecule has 0 bridgehead atoms. The van der Waals surface area contributed by atoms with Gasteiger partial charge in [-0.2, -0.15) is 13.2 Å². The average molecular weight is 300 g/mol. The predicted octanol–water partition coefficient (Wildman–Crippen LogP) is 3.28. The molecule has 2 fully saturated rings. The minimum atomic E-state index is -4.30. The summed E-state index contributed by atoms with van der Waals surface area (Å²) in [5.41, 5.74) is 0.928. The van der Waals surface area contributed by atoms with Crippen molar-refractivity contribution in [3.63, 3.8) is 0 Å². The van der Waals surface area contributed by atoms with Gasteiger partial charge in [0.1, 0.15) is 5.75 Å². The molecule has 0 amide bonds. The maximum atomic E-state index is 12.1. The molecule has 1 saturated carbocycles. The Morgan fingerprint density at radius 1 is 1.14 bits per heavy atom. The molecule has 1 aliphatic heterocycles.